The standard InChI is InChI=1S/C14H13ClFNO2S/c15-11-3-1-2-10(8-11)14(9-17)20(18,19)13-6-4-12(16)5-7-13/h1-8,14H,9,17H2/t14-/m0/s1. The van der Waals surface area contributed by atoms with Gasteiger partial charge in [-0.15, -0.1) is 0 Å². The largest absolute Gasteiger partial charge is 0.329 e. The Morgan fingerprint density at radius 3 is 2.35 bits per heavy atom. The molecule has 0 spiro atoms. The lowest BCUT2D eigenvalue weighted by Crippen LogP contribution is -2.22. The molecule has 2 aromatic carbocycles. The summed E-state index contributed by atoms with van der Waals surface area (Å²) >= 11 is 5.88. The van der Waals surface area contributed by atoms with Crippen molar-refractivity contribution in [3.63, 3.8) is 0 Å². The molecule has 2 N–H and O–H groups in total. The second kappa shape index (κ2) is 5.91. The zero-order valence-electron chi connectivity index (χ0n) is 10.5. The van der Waals surface area contributed by atoms with E-state index in [0.29, 0.717) is 10.6 Å². The van der Waals surface area contributed by atoms with Crippen molar-refractivity contribution >= 4 is 21.4 Å². The zero-order chi connectivity index (χ0) is 14.8. The maximum atomic E-state index is 12.9. The number of hydrogen-bond acceptors (Lipinski definition) is 3. The minimum Gasteiger partial charge on any atom is -0.329 e. The second-order valence-corrected chi connectivity index (χ2v) is 6.85. The fourth-order valence-electron chi connectivity index (χ4n) is 1.94. The molecule has 0 amide bonds. The average molecular weight is 314 g/mol. The highest BCUT2D eigenvalue weighted by Crippen LogP contribution is 2.29. The van der Waals surface area contributed by atoms with Crippen LogP contribution < -0.4 is 5.73 Å². The number of rotatable bonds is 4. The molecule has 0 saturated carbocycles. The Morgan fingerprint density at radius 1 is 1.15 bits per heavy atom. The van der Waals surface area contributed by atoms with E-state index in [0.717, 1.165) is 12.1 Å². The Bertz CT molecular complexity index is 701. The van der Waals surface area contributed by atoms with Crippen molar-refractivity contribution in [2.75, 3.05) is 6.54 Å². The molecule has 1 atom stereocenters. The van der Waals surface area contributed by atoms with E-state index in [-0.39, 0.29) is 11.4 Å². The van der Waals surface area contributed by atoms with Crippen molar-refractivity contribution in [3.05, 3.63) is 64.9 Å². The van der Waals surface area contributed by atoms with Gasteiger partial charge < -0.3 is 5.73 Å². The number of nitrogens with two attached hydrogens (primary N) is 1. The molecule has 3 nitrogen and oxygen atoms in total. The number of benzene rings is 2. The average Bonchev–Trinajstić information content (AvgIpc) is 2.40. The first-order valence-electron chi connectivity index (χ1n) is 5.90. The second-order valence-electron chi connectivity index (χ2n) is 4.28. The lowest BCUT2D eigenvalue weighted by Gasteiger charge is -2.16. The van der Waals surface area contributed by atoms with Crippen LogP contribution in [0.4, 0.5) is 4.39 Å². The molecule has 0 aliphatic rings. The van der Waals surface area contributed by atoms with Crippen molar-refractivity contribution < 1.29 is 12.8 Å². The summed E-state index contributed by atoms with van der Waals surface area (Å²) in [5, 5.41) is -0.470. The predicted molar refractivity (Wildman–Crippen MR) is 76.8 cm³/mol. The summed E-state index contributed by atoms with van der Waals surface area (Å²) in [6.45, 7) is -0.0833. The van der Waals surface area contributed by atoms with Gasteiger partial charge in [0.1, 0.15) is 11.1 Å². The van der Waals surface area contributed by atoms with Gasteiger partial charge in [-0.1, -0.05) is 23.7 Å². The molecule has 0 aliphatic carbocycles. The number of sulfone groups is 1. The third kappa shape index (κ3) is 3.00. The summed E-state index contributed by atoms with van der Waals surface area (Å²) in [7, 11) is -3.69. The number of halogens is 2. The molecular formula is C14H13ClFNO2S. The maximum absolute atomic E-state index is 12.9. The molecule has 0 saturated heterocycles. The molecule has 20 heavy (non-hydrogen) atoms. The summed E-state index contributed by atoms with van der Waals surface area (Å²) < 4.78 is 38.0. The first-order valence-corrected chi connectivity index (χ1v) is 7.82. The molecule has 0 unspecified atom stereocenters. The van der Waals surface area contributed by atoms with E-state index in [1.54, 1.807) is 24.3 Å². The van der Waals surface area contributed by atoms with Gasteiger partial charge >= 0.3 is 0 Å². The van der Waals surface area contributed by atoms with Crippen molar-refractivity contribution in [2.45, 2.75) is 10.1 Å². The van der Waals surface area contributed by atoms with Crippen molar-refractivity contribution in [2.24, 2.45) is 5.73 Å². The Morgan fingerprint density at radius 2 is 1.80 bits per heavy atom. The van der Waals surface area contributed by atoms with Crippen LogP contribution in [0.5, 0.6) is 0 Å². The van der Waals surface area contributed by atoms with Gasteiger partial charge in [0, 0.05) is 11.6 Å². The van der Waals surface area contributed by atoms with Crippen molar-refractivity contribution in [3.8, 4) is 0 Å². The van der Waals surface area contributed by atoms with Gasteiger partial charge in [0.2, 0.25) is 0 Å². The summed E-state index contributed by atoms with van der Waals surface area (Å²) in [6, 6.07) is 11.2. The maximum Gasteiger partial charge on any atom is 0.186 e. The van der Waals surface area contributed by atoms with E-state index in [1.807, 2.05) is 0 Å². The van der Waals surface area contributed by atoms with Crippen LogP contribution in [0.25, 0.3) is 0 Å². The van der Waals surface area contributed by atoms with Gasteiger partial charge in [-0.05, 0) is 42.0 Å². The smallest absolute Gasteiger partial charge is 0.186 e. The first-order chi connectivity index (χ1) is 9.45. The molecule has 0 aliphatic heterocycles. The van der Waals surface area contributed by atoms with Crippen LogP contribution >= 0.6 is 11.6 Å². The molecule has 0 radical (unpaired) electrons. The topological polar surface area (TPSA) is 60.2 Å². The van der Waals surface area contributed by atoms with Crippen LogP contribution in [0.2, 0.25) is 5.02 Å². The normalized spacial score (nSPS) is 13.2. The van der Waals surface area contributed by atoms with Gasteiger partial charge in [-0.25, -0.2) is 12.8 Å². The third-order valence-electron chi connectivity index (χ3n) is 2.95. The van der Waals surface area contributed by atoms with E-state index in [4.69, 9.17) is 17.3 Å². The van der Waals surface area contributed by atoms with Gasteiger partial charge in [-0.3, -0.25) is 0 Å². The fourth-order valence-corrected chi connectivity index (χ4v) is 3.74. The van der Waals surface area contributed by atoms with E-state index >= 15 is 0 Å². The van der Waals surface area contributed by atoms with Gasteiger partial charge in [0.25, 0.3) is 0 Å². The Kier molecular flexibility index (Phi) is 4.42. The minimum absolute atomic E-state index is 0.0364. The fraction of sp³-hybridized carbons (Fsp3) is 0.143. The lowest BCUT2D eigenvalue weighted by molar-refractivity contribution is 0.581. The van der Waals surface area contributed by atoms with E-state index < -0.39 is 20.9 Å². The highest BCUT2D eigenvalue weighted by molar-refractivity contribution is 7.91. The monoisotopic (exact) mass is 313 g/mol. The first kappa shape index (κ1) is 15.0. The summed E-state index contributed by atoms with van der Waals surface area (Å²) in [5.41, 5.74) is 6.13. The van der Waals surface area contributed by atoms with Crippen LogP contribution in [0.15, 0.2) is 53.4 Å². The predicted octanol–water partition coefficient (Wildman–Crippen LogP) is 2.95. The van der Waals surface area contributed by atoms with Crippen LogP contribution in [0, 0.1) is 5.82 Å². The Balaban J connectivity index is 2.47. The molecule has 106 valence electrons. The van der Waals surface area contributed by atoms with Crippen molar-refractivity contribution in [1.82, 2.24) is 0 Å². The summed E-state index contributed by atoms with van der Waals surface area (Å²) in [4.78, 5) is 0.0364. The highest BCUT2D eigenvalue weighted by atomic mass is 35.5. The molecular weight excluding hydrogens is 301 g/mol. The molecule has 0 bridgehead atoms. The summed E-state index contributed by atoms with van der Waals surface area (Å²) in [6.07, 6.45) is 0. The van der Waals surface area contributed by atoms with E-state index in [9.17, 15) is 12.8 Å². The van der Waals surface area contributed by atoms with E-state index in [2.05, 4.69) is 0 Å². The third-order valence-corrected chi connectivity index (χ3v) is 5.33. The molecule has 0 fully saturated rings. The SMILES string of the molecule is NC[C@@H](c1cccc(Cl)c1)S(=O)(=O)c1ccc(F)cc1. The Hall–Kier alpha value is -1.43. The molecule has 0 aromatic heterocycles. The molecule has 2 rings (SSSR count). The van der Waals surface area contributed by atoms with Crippen molar-refractivity contribution in [1.29, 1.82) is 0 Å². The van der Waals surface area contributed by atoms with Gasteiger partial charge in [0.05, 0.1) is 4.90 Å². The van der Waals surface area contributed by atoms with E-state index in [1.165, 1.54) is 12.1 Å². The highest BCUT2D eigenvalue weighted by Gasteiger charge is 2.28. The van der Waals surface area contributed by atoms with Crippen LogP contribution in [-0.4, -0.2) is 15.0 Å². The minimum atomic E-state index is -3.69. The Labute approximate surface area is 122 Å². The molecule has 0 heterocycles. The van der Waals surface area contributed by atoms with Gasteiger partial charge in [0.15, 0.2) is 9.84 Å². The lowest BCUT2D eigenvalue weighted by atomic mass is 10.1. The quantitative estimate of drug-likeness (QED) is 0.883. The summed E-state index contributed by atoms with van der Waals surface area (Å²) in [5.74, 6) is -0.490. The van der Waals surface area contributed by atoms with Crippen LogP contribution in [0.3, 0.4) is 0 Å². The molecule has 6 heteroatoms. The van der Waals surface area contributed by atoms with Gasteiger partial charge in [-0.2, -0.15) is 0 Å². The zero-order valence-corrected chi connectivity index (χ0v) is 12.0. The number of hydrogen-bond donors (Lipinski definition) is 1. The van der Waals surface area contributed by atoms with Crippen LogP contribution in [-0.2, 0) is 9.84 Å². The van der Waals surface area contributed by atoms with Crippen LogP contribution in [0.1, 0.15) is 10.8 Å². The molecule has 2 aromatic rings.